The zero-order chi connectivity index (χ0) is 12.3. The average molecular weight is 300 g/mol. The molecule has 0 saturated heterocycles. The van der Waals surface area contributed by atoms with Crippen LogP contribution < -0.4 is 0 Å². The number of H-pyrrole nitrogens is 1. The molecule has 0 amide bonds. The number of nitrogens with one attached hydrogen (secondary N) is 1. The number of benzene rings is 2. The maximum atomic E-state index is 4.65. The van der Waals surface area contributed by atoms with Gasteiger partial charge in [-0.2, -0.15) is 0 Å². The number of rotatable bonds is 0. The lowest BCUT2D eigenvalue weighted by atomic mass is 10.2. The Morgan fingerprint density at radius 3 is 2.89 bits per heavy atom. The van der Waals surface area contributed by atoms with E-state index in [2.05, 4.69) is 61.5 Å². The smallest absolute Gasteiger partial charge is 0.213 e. The van der Waals surface area contributed by atoms with E-state index in [1.807, 2.05) is 12.1 Å². The monoisotopic (exact) mass is 299 g/mol. The highest BCUT2D eigenvalue weighted by molar-refractivity contribution is 9.10. The number of hydrogen-bond acceptors (Lipinski definition) is 1. The molecule has 0 fully saturated rings. The molecular weight excluding hydrogens is 290 g/mol. The van der Waals surface area contributed by atoms with Crippen LogP contribution in [0.15, 0.2) is 40.9 Å². The van der Waals surface area contributed by atoms with Crippen molar-refractivity contribution in [1.29, 1.82) is 0 Å². The SMILES string of the molecule is Cc1cc(Br)c2nc3[nH]c4ccccc4n3c2c1. The summed E-state index contributed by atoms with van der Waals surface area (Å²) in [5, 5.41) is 0. The van der Waals surface area contributed by atoms with Gasteiger partial charge in [0.1, 0.15) is 5.52 Å². The topological polar surface area (TPSA) is 33.1 Å². The lowest BCUT2D eigenvalue weighted by molar-refractivity contribution is 1.27. The van der Waals surface area contributed by atoms with E-state index in [4.69, 9.17) is 0 Å². The third-order valence-electron chi connectivity index (χ3n) is 3.25. The fourth-order valence-corrected chi connectivity index (χ4v) is 3.14. The van der Waals surface area contributed by atoms with Crippen LogP contribution in [0.5, 0.6) is 0 Å². The standard InChI is InChI=1S/C14H10BrN3/c1-8-6-9(15)13-12(7-8)18-11-5-3-2-4-10(11)16-14(18)17-13/h2-7H,1H3,(H,16,17). The lowest BCUT2D eigenvalue weighted by Gasteiger charge is -1.98. The molecule has 0 aliphatic carbocycles. The lowest BCUT2D eigenvalue weighted by Crippen LogP contribution is -1.82. The first-order chi connectivity index (χ1) is 8.74. The van der Waals surface area contributed by atoms with Gasteiger partial charge in [-0.1, -0.05) is 12.1 Å². The summed E-state index contributed by atoms with van der Waals surface area (Å²) in [6.45, 7) is 2.10. The molecule has 3 nitrogen and oxygen atoms in total. The van der Waals surface area contributed by atoms with Gasteiger partial charge in [0.2, 0.25) is 5.78 Å². The van der Waals surface area contributed by atoms with Crippen LogP contribution in [0, 0.1) is 6.92 Å². The Kier molecular flexibility index (Phi) is 1.89. The van der Waals surface area contributed by atoms with Crippen LogP contribution in [0.2, 0.25) is 0 Å². The fraction of sp³-hybridized carbons (Fsp3) is 0.0714. The average Bonchev–Trinajstić information content (AvgIpc) is 2.85. The van der Waals surface area contributed by atoms with E-state index in [-0.39, 0.29) is 0 Å². The normalized spacial score (nSPS) is 11.9. The molecule has 2 aromatic heterocycles. The summed E-state index contributed by atoms with van der Waals surface area (Å²) in [5.74, 6) is 0.887. The molecule has 0 unspecified atom stereocenters. The van der Waals surface area contributed by atoms with Crippen molar-refractivity contribution in [2.24, 2.45) is 0 Å². The summed E-state index contributed by atoms with van der Waals surface area (Å²) in [5.41, 5.74) is 5.63. The molecule has 0 atom stereocenters. The number of imidazole rings is 2. The number of halogens is 1. The van der Waals surface area contributed by atoms with E-state index >= 15 is 0 Å². The Balaban J connectivity index is 2.33. The highest BCUT2D eigenvalue weighted by Gasteiger charge is 2.12. The van der Waals surface area contributed by atoms with E-state index in [0.717, 1.165) is 32.3 Å². The van der Waals surface area contributed by atoms with Crippen molar-refractivity contribution < 1.29 is 0 Å². The first-order valence-corrected chi connectivity index (χ1v) is 6.58. The molecule has 0 radical (unpaired) electrons. The van der Waals surface area contributed by atoms with Gasteiger partial charge in [0.05, 0.1) is 16.6 Å². The minimum atomic E-state index is 0.887. The first kappa shape index (κ1) is 10.1. The van der Waals surface area contributed by atoms with E-state index in [9.17, 15) is 0 Å². The van der Waals surface area contributed by atoms with Crippen molar-refractivity contribution in [2.45, 2.75) is 6.92 Å². The Hall–Kier alpha value is -1.81. The van der Waals surface area contributed by atoms with E-state index in [0.29, 0.717) is 0 Å². The molecule has 1 N–H and O–H groups in total. The predicted octanol–water partition coefficient (Wildman–Crippen LogP) is 4.04. The van der Waals surface area contributed by atoms with Gasteiger partial charge in [-0.15, -0.1) is 0 Å². The fourth-order valence-electron chi connectivity index (χ4n) is 2.49. The van der Waals surface area contributed by atoms with Crippen LogP contribution in [0.4, 0.5) is 0 Å². The third-order valence-corrected chi connectivity index (χ3v) is 3.85. The second-order valence-corrected chi connectivity index (χ2v) is 5.38. The zero-order valence-corrected chi connectivity index (χ0v) is 11.3. The van der Waals surface area contributed by atoms with Gasteiger partial charge in [-0.3, -0.25) is 4.40 Å². The Morgan fingerprint density at radius 1 is 1.17 bits per heavy atom. The molecule has 4 heteroatoms. The van der Waals surface area contributed by atoms with Crippen molar-refractivity contribution in [1.82, 2.24) is 14.4 Å². The molecule has 18 heavy (non-hydrogen) atoms. The minimum absolute atomic E-state index is 0.887. The van der Waals surface area contributed by atoms with Crippen LogP contribution in [0.25, 0.3) is 27.8 Å². The number of para-hydroxylation sites is 2. The summed E-state index contributed by atoms with van der Waals surface area (Å²) < 4.78 is 3.21. The highest BCUT2D eigenvalue weighted by Crippen LogP contribution is 2.28. The molecule has 4 aromatic rings. The number of aromatic amines is 1. The Labute approximate surface area is 112 Å². The van der Waals surface area contributed by atoms with Crippen LogP contribution in [0.1, 0.15) is 5.56 Å². The van der Waals surface area contributed by atoms with Crippen LogP contribution in [-0.2, 0) is 0 Å². The van der Waals surface area contributed by atoms with E-state index in [1.165, 1.54) is 5.56 Å². The van der Waals surface area contributed by atoms with Gasteiger partial charge in [0.25, 0.3) is 0 Å². The number of nitrogens with zero attached hydrogens (tertiary/aromatic N) is 2. The third kappa shape index (κ3) is 1.21. The van der Waals surface area contributed by atoms with E-state index < -0.39 is 0 Å². The van der Waals surface area contributed by atoms with Crippen LogP contribution in [0.3, 0.4) is 0 Å². The second kappa shape index (κ2) is 3.36. The number of aromatic nitrogens is 3. The number of aryl methyl sites for hydroxylation is 1. The molecule has 0 bridgehead atoms. The van der Waals surface area contributed by atoms with Crippen molar-refractivity contribution in [3.8, 4) is 0 Å². The first-order valence-electron chi connectivity index (χ1n) is 5.79. The molecule has 0 spiro atoms. The van der Waals surface area contributed by atoms with Gasteiger partial charge in [0.15, 0.2) is 0 Å². The summed E-state index contributed by atoms with van der Waals surface area (Å²) in [6.07, 6.45) is 0. The second-order valence-electron chi connectivity index (χ2n) is 4.53. The van der Waals surface area contributed by atoms with E-state index in [1.54, 1.807) is 0 Å². The molecule has 0 aliphatic heterocycles. The number of fused-ring (bicyclic) bond motifs is 5. The molecule has 0 aliphatic rings. The molecule has 2 aromatic carbocycles. The Morgan fingerprint density at radius 2 is 2.00 bits per heavy atom. The zero-order valence-electron chi connectivity index (χ0n) is 9.74. The number of hydrogen-bond donors (Lipinski definition) is 1. The van der Waals surface area contributed by atoms with Crippen molar-refractivity contribution in [2.75, 3.05) is 0 Å². The maximum Gasteiger partial charge on any atom is 0.213 e. The molecule has 4 rings (SSSR count). The molecular formula is C14H10BrN3. The molecule has 2 heterocycles. The van der Waals surface area contributed by atoms with Crippen molar-refractivity contribution in [3.63, 3.8) is 0 Å². The summed E-state index contributed by atoms with van der Waals surface area (Å²) in [4.78, 5) is 8.00. The van der Waals surface area contributed by atoms with Crippen LogP contribution in [-0.4, -0.2) is 14.4 Å². The molecule has 0 saturated carbocycles. The van der Waals surface area contributed by atoms with Gasteiger partial charge in [-0.25, -0.2) is 4.98 Å². The highest BCUT2D eigenvalue weighted by atomic mass is 79.9. The maximum absolute atomic E-state index is 4.65. The summed E-state index contributed by atoms with van der Waals surface area (Å²) >= 11 is 3.58. The summed E-state index contributed by atoms with van der Waals surface area (Å²) in [6, 6.07) is 12.5. The van der Waals surface area contributed by atoms with Gasteiger partial charge in [-0.05, 0) is 52.7 Å². The Bertz CT molecular complexity index is 901. The quantitative estimate of drug-likeness (QED) is 0.522. The molecule has 88 valence electrons. The summed E-state index contributed by atoms with van der Waals surface area (Å²) in [7, 11) is 0. The van der Waals surface area contributed by atoms with Crippen molar-refractivity contribution >= 4 is 43.8 Å². The van der Waals surface area contributed by atoms with Gasteiger partial charge < -0.3 is 4.98 Å². The van der Waals surface area contributed by atoms with Crippen molar-refractivity contribution in [3.05, 3.63) is 46.4 Å². The van der Waals surface area contributed by atoms with Gasteiger partial charge in [0, 0.05) is 4.47 Å². The van der Waals surface area contributed by atoms with Gasteiger partial charge >= 0.3 is 0 Å². The predicted molar refractivity (Wildman–Crippen MR) is 77.0 cm³/mol. The van der Waals surface area contributed by atoms with Crippen LogP contribution >= 0.6 is 15.9 Å². The largest absolute Gasteiger partial charge is 0.323 e. The minimum Gasteiger partial charge on any atom is -0.323 e.